The van der Waals surface area contributed by atoms with Crippen LogP contribution in [0.3, 0.4) is 0 Å². The average molecular weight is 796 g/mol. The normalized spacial score (nSPS) is 37.9. The van der Waals surface area contributed by atoms with Gasteiger partial charge in [0.2, 0.25) is 0 Å². The molecule has 0 spiro atoms. The van der Waals surface area contributed by atoms with Gasteiger partial charge in [-0.3, -0.25) is 19.4 Å². The van der Waals surface area contributed by atoms with Crippen molar-refractivity contribution in [3.63, 3.8) is 0 Å². The van der Waals surface area contributed by atoms with E-state index < -0.39 is 83.5 Å². The zero-order valence-corrected chi connectivity index (χ0v) is 35.1. The lowest BCUT2D eigenvalue weighted by Gasteiger charge is -2.55. The Bertz CT molecular complexity index is 1760. The van der Waals surface area contributed by atoms with Crippen LogP contribution in [0, 0.1) is 23.7 Å². The van der Waals surface area contributed by atoms with Crippen molar-refractivity contribution in [2.45, 2.75) is 141 Å². The lowest BCUT2D eigenvalue weighted by atomic mass is 9.75. The summed E-state index contributed by atoms with van der Waals surface area (Å²) in [6.07, 6.45) is 5.45. The lowest BCUT2D eigenvalue weighted by Crippen LogP contribution is -2.69. The number of unbranched alkanes of at least 4 members (excludes halogenated alkanes) is 1. The molecule has 0 N–H and O–H groups in total. The van der Waals surface area contributed by atoms with Crippen LogP contribution in [0.5, 0.6) is 0 Å². The van der Waals surface area contributed by atoms with Gasteiger partial charge in [0.25, 0.3) is 0 Å². The molecule has 4 aliphatic heterocycles. The second-order valence-electron chi connectivity index (χ2n) is 16.9. The van der Waals surface area contributed by atoms with Gasteiger partial charge in [-0.2, -0.15) is 0 Å². The van der Waals surface area contributed by atoms with Crippen molar-refractivity contribution in [3.05, 3.63) is 37.1 Å². The highest BCUT2D eigenvalue weighted by Gasteiger charge is 2.62. The summed E-state index contributed by atoms with van der Waals surface area (Å²) in [6.45, 7) is 13.3. The number of methoxy groups -OCH3 is 1. The van der Waals surface area contributed by atoms with Crippen LogP contribution in [0.25, 0.3) is 11.3 Å². The molecule has 4 aliphatic rings. The fourth-order valence-corrected chi connectivity index (χ4v) is 9.57. The van der Waals surface area contributed by atoms with E-state index in [1.807, 2.05) is 57.8 Å². The number of ketones is 2. The van der Waals surface area contributed by atoms with Crippen molar-refractivity contribution in [2.24, 2.45) is 23.7 Å². The molecule has 2 aromatic rings. The van der Waals surface area contributed by atoms with E-state index >= 15 is 0 Å². The third-order valence-electron chi connectivity index (χ3n) is 12.7. The molecule has 4 saturated heterocycles. The number of cyclic esters (lactones) is 1. The van der Waals surface area contributed by atoms with Crippen LogP contribution in [-0.4, -0.2) is 130 Å². The number of Topliss-reactive ketones (excluding diaryl/α,β-unsaturated/α-hetero) is 2. The number of pyridine rings is 1. The van der Waals surface area contributed by atoms with E-state index in [2.05, 4.69) is 14.9 Å². The Kier molecular flexibility index (Phi) is 12.9. The van der Waals surface area contributed by atoms with E-state index in [0.717, 1.165) is 11.3 Å². The van der Waals surface area contributed by atoms with Gasteiger partial charge in [0.1, 0.15) is 30.0 Å². The van der Waals surface area contributed by atoms with Crippen LogP contribution in [0.15, 0.2) is 37.1 Å². The molecule has 0 unspecified atom stereocenters. The quantitative estimate of drug-likeness (QED) is 0.192. The Balaban J connectivity index is 1.30. The zero-order chi connectivity index (χ0) is 41.4. The highest BCUT2D eigenvalue weighted by molar-refractivity contribution is 6.00. The second kappa shape index (κ2) is 17.2. The predicted octanol–water partition coefficient (Wildman–Crippen LogP) is 4.90. The molecule has 15 nitrogen and oxygen atoms in total. The summed E-state index contributed by atoms with van der Waals surface area (Å²) in [5, 5.41) is 0. The molecule has 0 bridgehead atoms. The van der Waals surface area contributed by atoms with Gasteiger partial charge in [0, 0.05) is 74.6 Å². The van der Waals surface area contributed by atoms with Crippen LogP contribution in [0.1, 0.15) is 80.6 Å². The number of aromatic nitrogens is 3. The summed E-state index contributed by atoms with van der Waals surface area (Å²) in [5.74, 6) is -6.43. The van der Waals surface area contributed by atoms with Crippen LogP contribution in [0.2, 0.25) is 0 Å². The molecular weight excluding hydrogens is 734 g/mol. The van der Waals surface area contributed by atoms with Gasteiger partial charge in [0.05, 0.1) is 24.2 Å². The van der Waals surface area contributed by atoms with Crippen molar-refractivity contribution < 1.29 is 47.6 Å². The SMILES string of the molecule is CC[C@H]1OC(=O)[C@H](C)C(=O)[C@H](C)[C@H]2O[C@@H]3O[C@H](C)C[C@H](N(C)C)[C@H]3O[C@]2(OC)C[C@H](C)C(=O)[C@@H](C)[C@H]2N(CCCCn3cnc(-c4cccnc4)c3)C(=O)O[C@]12C. The van der Waals surface area contributed by atoms with Gasteiger partial charge < -0.3 is 42.8 Å². The minimum absolute atomic E-state index is 0.0497. The number of imidazole rings is 1. The molecule has 6 heterocycles. The predicted molar refractivity (Wildman–Crippen MR) is 207 cm³/mol. The number of carbonyl (C=O) groups is 4. The van der Waals surface area contributed by atoms with E-state index in [1.165, 1.54) is 14.0 Å². The number of aryl methyl sites for hydroxylation is 1. The highest BCUT2D eigenvalue weighted by atomic mass is 16.8. The minimum Gasteiger partial charge on any atom is -0.458 e. The summed E-state index contributed by atoms with van der Waals surface area (Å²) in [7, 11) is 5.41. The van der Waals surface area contributed by atoms with E-state index in [1.54, 1.807) is 44.4 Å². The van der Waals surface area contributed by atoms with Gasteiger partial charge in [-0.25, -0.2) is 9.78 Å². The van der Waals surface area contributed by atoms with E-state index in [9.17, 15) is 19.2 Å². The molecule has 13 atom stereocenters. The number of hydrogen-bond acceptors (Lipinski definition) is 13. The molecule has 4 fully saturated rings. The summed E-state index contributed by atoms with van der Waals surface area (Å²) in [4.78, 5) is 69.2. The second-order valence-corrected chi connectivity index (χ2v) is 16.9. The summed E-state index contributed by atoms with van der Waals surface area (Å²) >= 11 is 0. The largest absolute Gasteiger partial charge is 0.458 e. The maximum atomic E-state index is 14.8. The number of ether oxygens (including phenoxy) is 6. The fourth-order valence-electron chi connectivity index (χ4n) is 9.57. The van der Waals surface area contributed by atoms with Crippen molar-refractivity contribution in [1.82, 2.24) is 24.3 Å². The first-order valence-electron chi connectivity index (χ1n) is 20.4. The van der Waals surface area contributed by atoms with Crippen molar-refractivity contribution >= 4 is 23.6 Å². The molecule has 0 saturated carbocycles. The lowest BCUT2D eigenvalue weighted by molar-refractivity contribution is -0.424. The Labute approximate surface area is 336 Å². The number of likely N-dealkylation sites (N-methyl/N-ethyl adjacent to an activating group) is 1. The summed E-state index contributed by atoms with van der Waals surface area (Å²) in [5.41, 5.74) is 0.344. The molecule has 15 heteroatoms. The Hall–Kier alpha value is -3.76. The molecule has 0 radical (unpaired) electrons. The van der Waals surface area contributed by atoms with Gasteiger partial charge in [-0.15, -0.1) is 0 Å². The number of nitrogens with zero attached hydrogens (tertiary/aromatic N) is 5. The van der Waals surface area contributed by atoms with Crippen molar-refractivity contribution in [1.29, 1.82) is 0 Å². The van der Waals surface area contributed by atoms with Gasteiger partial charge in [-0.05, 0) is 72.7 Å². The molecule has 0 aromatic carbocycles. The zero-order valence-electron chi connectivity index (χ0n) is 35.1. The number of rotatable bonds is 9. The average Bonchev–Trinajstić information content (AvgIpc) is 3.77. The molecule has 314 valence electrons. The van der Waals surface area contributed by atoms with Gasteiger partial charge in [0.15, 0.2) is 23.5 Å². The summed E-state index contributed by atoms with van der Waals surface area (Å²) < 4.78 is 40.4. The first kappa shape index (κ1) is 42.8. The first-order valence-corrected chi connectivity index (χ1v) is 20.4. The standard InChI is InChI=1S/C42H61N5O10/c1-11-32-41(7)36(47(40(51)57-41)18-13-12-17-46-22-30(44-23-46)29-15-14-16-43-21-29)26(4)33(48)24(2)20-42(52-10)37(27(5)34(49)28(6)38(50)54-32)55-39-35(56-42)31(45(8)9)19-25(3)53-39/h14-16,21-28,31-32,35-37,39H,11-13,17-20H2,1-10H3/t24-,25+,26+,27-,28+,31-,32+,35+,36+,37+,39-,41+,42+/m0/s1. The maximum Gasteiger partial charge on any atom is 0.410 e. The first-order chi connectivity index (χ1) is 27.0. The number of esters is 1. The van der Waals surface area contributed by atoms with Crippen LogP contribution in [-0.2, 0) is 49.3 Å². The third-order valence-corrected chi connectivity index (χ3v) is 12.7. The van der Waals surface area contributed by atoms with E-state index in [0.29, 0.717) is 32.4 Å². The topological polar surface area (TPSA) is 161 Å². The maximum absolute atomic E-state index is 14.8. The Morgan fingerprint density at radius 3 is 2.40 bits per heavy atom. The van der Waals surface area contributed by atoms with E-state index in [4.69, 9.17) is 28.4 Å². The summed E-state index contributed by atoms with van der Waals surface area (Å²) in [6, 6.07) is 2.93. The van der Waals surface area contributed by atoms with Gasteiger partial charge in [-0.1, -0.05) is 27.7 Å². The molecular formula is C42H61N5O10. The van der Waals surface area contributed by atoms with Crippen molar-refractivity contribution in [2.75, 3.05) is 27.7 Å². The Morgan fingerprint density at radius 2 is 1.74 bits per heavy atom. The monoisotopic (exact) mass is 795 g/mol. The highest BCUT2D eigenvalue weighted by Crippen LogP contribution is 2.46. The van der Waals surface area contributed by atoms with Crippen LogP contribution >= 0.6 is 0 Å². The Morgan fingerprint density at radius 1 is 1.00 bits per heavy atom. The minimum atomic E-state index is -1.56. The fraction of sp³-hybridized carbons (Fsp3) is 0.714. The number of carbonyl (C=O) groups excluding carboxylic acids is 4. The molecule has 1 amide bonds. The number of amides is 1. The molecule has 0 aliphatic carbocycles. The number of hydrogen-bond donors (Lipinski definition) is 0. The molecule has 57 heavy (non-hydrogen) atoms. The molecule has 2 aromatic heterocycles. The van der Waals surface area contributed by atoms with Crippen molar-refractivity contribution in [3.8, 4) is 11.3 Å². The smallest absolute Gasteiger partial charge is 0.410 e. The van der Waals surface area contributed by atoms with E-state index in [-0.39, 0.29) is 30.8 Å². The molecule has 6 rings (SSSR count). The van der Waals surface area contributed by atoms with Gasteiger partial charge >= 0.3 is 12.1 Å². The number of fused-ring (bicyclic) bond motifs is 3. The van der Waals surface area contributed by atoms with Crippen LogP contribution in [0.4, 0.5) is 4.79 Å². The van der Waals surface area contributed by atoms with Crippen LogP contribution < -0.4 is 0 Å². The third kappa shape index (κ3) is 8.27.